The highest BCUT2D eigenvalue weighted by Gasteiger charge is 2.21. The van der Waals surface area contributed by atoms with Crippen molar-refractivity contribution in [2.24, 2.45) is 0 Å². The summed E-state index contributed by atoms with van der Waals surface area (Å²) in [5, 5.41) is 12.1. The van der Waals surface area contributed by atoms with Gasteiger partial charge in [0, 0.05) is 30.1 Å². The van der Waals surface area contributed by atoms with Crippen molar-refractivity contribution < 1.29 is 0 Å². The van der Waals surface area contributed by atoms with Crippen LogP contribution < -0.4 is 5.32 Å². The van der Waals surface area contributed by atoms with E-state index in [0.29, 0.717) is 11.8 Å². The van der Waals surface area contributed by atoms with Crippen LogP contribution in [0.2, 0.25) is 0 Å². The van der Waals surface area contributed by atoms with Gasteiger partial charge in [0.1, 0.15) is 5.82 Å². The highest BCUT2D eigenvalue weighted by atomic mass is 15.2. The molecular formula is C13H18N4. The predicted octanol–water partition coefficient (Wildman–Crippen LogP) is 1.93. The average molecular weight is 230 g/mol. The molecule has 1 aliphatic heterocycles. The van der Waals surface area contributed by atoms with Crippen LogP contribution in [0, 0.1) is 0 Å². The third-order valence-electron chi connectivity index (χ3n) is 3.51. The van der Waals surface area contributed by atoms with E-state index in [1.165, 1.54) is 12.0 Å². The van der Waals surface area contributed by atoms with E-state index in [9.17, 15) is 0 Å². The molecule has 0 radical (unpaired) electrons. The molecule has 3 rings (SSSR count). The number of pyridine rings is 1. The Morgan fingerprint density at radius 2 is 2.29 bits per heavy atom. The third-order valence-corrected chi connectivity index (χ3v) is 3.51. The van der Waals surface area contributed by atoms with Gasteiger partial charge in [-0.3, -0.25) is 4.40 Å². The fourth-order valence-corrected chi connectivity index (χ4v) is 2.59. The number of rotatable bonds is 2. The highest BCUT2D eigenvalue weighted by Crippen LogP contribution is 2.26. The van der Waals surface area contributed by atoms with Gasteiger partial charge in [-0.15, -0.1) is 10.2 Å². The summed E-state index contributed by atoms with van der Waals surface area (Å²) < 4.78 is 2.14. The van der Waals surface area contributed by atoms with Gasteiger partial charge in [-0.1, -0.05) is 19.9 Å². The monoisotopic (exact) mass is 230 g/mol. The molecule has 1 fully saturated rings. The van der Waals surface area contributed by atoms with Crippen molar-refractivity contribution in [3.63, 3.8) is 0 Å². The van der Waals surface area contributed by atoms with Crippen molar-refractivity contribution in [3.8, 4) is 0 Å². The summed E-state index contributed by atoms with van der Waals surface area (Å²) >= 11 is 0. The van der Waals surface area contributed by atoms with Crippen LogP contribution in [0.5, 0.6) is 0 Å². The molecule has 2 aromatic heterocycles. The molecule has 2 aromatic rings. The Labute approximate surface area is 101 Å². The zero-order valence-electron chi connectivity index (χ0n) is 10.3. The van der Waals surface area contributed by atoms with Crippen molar-refractivity contribution in [1.29, 1.82) is 0 Å². The molecule has 1 aliphatic rings. The van der Waals surface area contributed by atoms with Crippen LogP contribution in [-0.2, 0) is 0 Å². The number of hydrogen-bond acceptors (Lipinski definition) is 3. The zero-order valence-corrected chi connectivity index (χ0v) is 10.3. The van der Waals surface area contributed by atoms with Gasteiger partial charge in [0.05, 0.1) is 0 Å². The smallest absolute Gasteiger partial charge is 0.164 e. The van der Waals surface area contributed by atoms with Gasteiger partial charge in [-0.25, -0.2) is 0 Å². The second-order valence-corrected chi connectivity index (χ2v) is 5.06. The Morgan fingerprint density at radius 3 is 3.00 bits per heavy atom. The Hall–Kier alpha value is -1.42. The fourth-order valence-electron chi connectivity index (χ4n) is 2.59. The van der Waals surface area contributed by atoms with E-state index < -0.39 is 0 Å². The lowest BCUT2D eigenvalue weighted by Crippen LogP contribution is -2.09. The van der Waals surface area contributed by atoms with Crippen molar-refractivity contribution in [1.82, 2.24) is 19.9 Å². The Bertz CT molecular complexity index is 523. The number of aromatic nitrogens is 3. The van der Waals surface area contributed by atoms with Crippen LogP contribution in [0.1, 0.15) is 43.5 Å². The summed E-state index contributed by atoms with van der Waals surface area (Å²) in [6.45, 7) is 6.47. The Balaban J connectivity index is 2.13. The minimum absolute atomic E-state index is 0.405. The first-order chi connectivity index (χ1) is 8.27. The third kappa shape index (κ3) is 1.72. The SMILES string of the molecule is CC(C)c1nnc2c(C3CCNC3)cccn12. The molecule has 1 saturated heterocycles. The topological polar surface area (TPSA) is 42.2 Å². The molecule has 0 amide bonds. The number of hydrogen-bond donors (Lipinski definition) is 1. The molecule has 1 N–H and O–H groups in total. The molecule has 0 spiro atoms. The fraction of sp³-hybridized carbons (Fsp3) is 0.538. The largest absolute Gasteiger partial charge is 0.316 e. The van der Waals surface area contributed by atoms with Crippen LogP contribution >= 0.6 is 0 Å². The van der Waals surface area contributed by atoms with Crippen LogP contribution in [-0.4, -0.2) is 27.7 Å². The molecule has 4 heteroatoms. The lowest BCUT2D eigenvalue weighted by atomic mass is 10.00. The minimum atomic E-state index is 0.405. The lowest BCUT2D eigenvalue weighted by Gasteiger charge is -2.10. The maximum absolute atomic E-state index is 4.37. The quantitative estimate of drug-likeness (QED) is 0.857. The van der Waals surface area contributed by atoms with Crippen LogP contribution in [0.3, 0.4) is 0 Å². The summed E-state index contributed by atoms with van der Waals surface area (Å²) in [7, 11) is 0. The second-order valence-electron chi connectivity index (χ2n) is 5.06. The lowest BCUT2D eigenvalue weighted by molar-refractivity contribution is 0.750. The normalized spacial score (nSPS) is 20.5. The Morgan fingerprint density at radius 1 is 1.41 bits per heavy atom. The number of fused-ring (bicyclic) bond motifs is 1. The minimum Gasteiger partial charge on any atom is -0.316 e. The van der Waals surface area contributed by atoms with Crippen LogP contribution in [0.25, 0.3) is 5.65 Å². The molecule has 90 valence electrons. The van der Waals surface area contributed by atoms with Gasteiger partial charge in [-0.05, 0) is 19.0 Å². The van der Waals surface area contributed by atoms with Crippen LogP contribution in [0.15, 0.2) is 18.3 Å². The highest BCUT2D eigenvalue weighted by molar-refractivity contribution is 5.50. The predicted molar refractivity (Wildman–Crippen MR) is 67.3 cm³/mol. The van der Waals surface area contributed by atoms with E-state index in [0.717, 1.165) is 24.6 Å². The van der Waals surface area contributed by atoms with E-state index in [4.69, 9.17) is 0 Å². The Kier molecular flexibility index (Phi) is 2.59. The maximum atomic E-state index is 4.37. The van der Waals surface area contributed by atoms with Crippen LogP contribution in [0.4, 0.5) is 0 Å². The molecule has 0 saturated carbocycles. The second kappa shape index (κ2) is 4.11. The summed E-state index contributed by atoms with van der Waals surface area (Å²) in [6, 6.07) is 4.29. The first-order valence-corrected chi connectivity index (χ1v) is 6.31. The van der Waals surface area contributed by atoms with Crippen molar-refractivity contribution in [3.05, 3.63) is 29.7 Å². The van der Waals surface area contributed by atoms with Crippen molar-refractivity contribution >= 4 is 5.65 Å². The molecule has 0 bridgehead atoms. The van der Waals surface area contributed by atoms with Gasteiger partial charge in [0.25, 0.3) is 0 Å². The molecule has 0 aliphatic carbocycles. The van der Waals surface area contributed by atoms with Gasteiger partial charge >= 0.3 is 0 Å². The van der Waals surface area contributed by atoms with Crippen molar-refractivity contribution in [2.75, 3.05) is 13.1 Å². The van der Waals surface area contributed by atoms with Gasteiger partial charge < -0.3 is 5.32 Å². The zero-order chi connectivity index (χ0) is 11.8. The standard InChI is InChI=1S/C13H18N4/c1-9(2)12-15-16-13-11(4-3-7-17(12)13)10-5-6-14-8-10/h3-4,7,9-10,14H,5-6,8H2,1-2H3. The first kappa shape index (κ1) is 10.7. The van der Waals surface area contributed by atoms with Gasteiger partial charge in [0.15, 0.2) is 5.65 Å². The molecule has 0 aromatic carbocycles. The van der Waals surface area contributed by atoms with Gasteiger partial charge in [0.2, 0.25) is 0 Å². The van der Waals surface area contributed by atoms with Gasteiger partial charge in [-0.2, -0.15) is 0 Å². The molecule has 1 unspecified atom stereocenters. The van der Waals surface area contributed by atoms with Crippen molar-refractivity contribution in [2.45, 2.75) is 32.1 Å². The molecular weight excluding hydrogens is 212 g/mol. The summed E-state index contributed by atoms with van der Waals surface area (Å²) in [5.74, 6) is 2.04. The maximum Gasteiger partial charge on any atom is 0.164 e. The van der Waals surface area contributed by atoms with E-state index in [1.807, 2.05) is 0 Å². The number of nitrogens with zero attached hydrogens (tertiary/aromatic N) is 3. The average Bonchev–Trinajstić information content (AvgIpc) is 2.97. The van der Waals surface area contributed by atoms with E-state index >= 15 is 0 Å². The van der Waals surface area contributed by atoms with E-state index in [-0.39, 0.29) is 0 Å². The summed E-state index contributed by atoms with van der Waals surface area (Å²) in [4.78, 5) is 0. The number of nitrogens with one attached hydrogen (secondary N) is 1. The van der Waals surface area contributed by atoms with E-state index in [2.05, 4.69) is 52.1 Å². The molecule has 17 heavy (non-hydrogen) atoms. The first-order valence-electron chi connectivity index (χ1n) is 6.31. The molecule has 3 heterocycles. The summed E-state index contributed by atoms with van der Waals surface area (Å²) in [5.41, 5.74) is 2.36. The molecule has 1 atom stereocenters. The van der Waals surface area contributed by atoms with E-state index in [1.54, 1.807) is 0 Å². The summed E-state index contributed by atoms with van der Waals surface area (Å²) in [6.07, 6.45) is 3.26. The molecule has 4 nitrogen and oxygen atoms in total.